The highest BCUT2D eigenvalue weighted by molar-refractivity contribution is 5.49. The quantitative estimate of drug-likeness (QED) is 0.117. The van der Waals surface area contributed by atoms with Crippen LogP contribution in [0.4, 0.5) is 0 Å². The number of allylic oxidation sites excluding steroid dienone is 7. The average molecular weight is 412 g/mol. The molecule has 0 aliphatic carbocycles. The van der Waals surface area contributed by atoms with Gasteiger partial charge in [0.2, 0.25) is 0 Å². The first-order chi connectivity index (χ1) is 14.3. The molecule has 0 heterocycles. The summed E-state index contributed by atoms with van der Waals surface area (Å²) in [6.07, 6.45) is 23.7. The van der Waals surface area contributed by atoms with Gasteiger partial charge in [-0.2, -0.15) is 0 Å². The van der Waals surface area contributed by atoms with Crippen LogP contribution < -0.4 is 5.73 Å². The van der Waals surface area contributed by atoms with Gasteiger partial charge in [0, 0.05) is 11.6 Å². The molecule has 1 unspecified atom stereocenters. The summed E-state index contributed by atoms with van der Waals surface area (Å²) in [7, 11) is 0. The minimum absolute atomic E-state index is 0.340. The molecule has 0 aromatic heterocycles. The predicted octanol–water partition coefficient (Wildman–Crippen LogP) is 8.54. The van der Waals surface area contributed by atoms with Gasteiger partial charge in [0.25, 0.3) is 0 Å². The summed E-state index contributed by atoms with van der Waals surface area (Å²) in [5.41, 5.74) is 11.2. The van der Waals surface area contributed by atoms with Gasteiger partial charge in [0.15, 0.2) is 0 Å². The Morgan fingerprint density at radius 3 is 2.17 bits per heavy atom. The summed E-state index contributed by atoms with van der Waals surface area (Å²) in [4.78, 5) is 0. The van der Waals surface area contributed by atoms with Crippen molar-refractivity contribution in [2.75, 3.05) is 0 Å². The highest BCUT2D eigenvalue weighted by Crippen LogP contribution is 2.28. The Morgan fingerprint density at radius 1 is 1.00 bits per heavy atom. The van der Waals surface area contributed by atoms with E-state index in [-0.39, 0.29) is 0 Å². The second-order valence-electron chi connectivity index (χ2n) is 9.09. The maximum atomic E-state index is 6.23. The Hall–Kier alpha value is -1.52. The average Bonchev–Trinajstić information content (AvgIpc) is 2.72. The highest BCUT2D eigenvalue weighted by Gasteiger charge is 2.12. The summed E-state index contributed by atoms with van der Waals surface area (Å²) in [5.74, 6) is 4.35. The fraction of sp³-hybridized carbons (Fsp3) is 0.655. The molecule has 1 heteroatoms. The summed E-state index contributed by atoms with van der Waals surface area (Å²) < 4.78 is 0. The molecule has 0 amide bonds. The van der Waals surface area contributed by atoms with E-state index in [0.717, 1.165) is 50.0 Å². The molecule has 30 heavy (non-hydrogen) atoms. The van der Waals surface area contributed by atoms with E-state index in [0.29, 0.717) is 12.0 Å². The lowest BCUT2D eigenvalue weighted by atomic mass is 9.86. The Bertz CT molecular complexity index is 605. The molecule has 0 fully saturated rings. The van der Waals surface area contributed by atoms with Crippen molar-refractivity contribution in [3.63, 3.8) is 0 Å². The summed E-state index contributed by atoms with van der Waals surface area (Å²) in [5, 5.41) is 0. The van der Waals surface area contributed by atoms with Gasteiger partial charge in [-0.25, -0.2) is 0 Å². The lowest BCUT2D eigenvalue weighted by Gasteiger charge is -2.19. The van der Waals surface area contributed by atoms with Crippen molar-refractivity contribution in [3.05, 3.63) is 47.1 Å². The molecule has 1 atom stereocenters. The Labute approximate surface area is 189 Å². The fourth-order valence-corrected chi connectivity index (χ4v) is 4.08. The van der Waals surface area contributed by atoms with Gasteiger partial charge < -0.3 is 5.73 Å². The molecule has 1 nitrogen and oxygen atoms in total. The summed E-state index contributed by atoms with van der Waals surface area (Å²) >= 11 is 0. The third-order valence-electron chi connectivity index (χ3n) is 6.32. The van der Waals surface area contributed by atoms with Gasteiger partial charge in [-0.15, -0.1) is 6.42 Å². The number of hydrogen-bond acceptors (Lipinski definition) is 1. The van der Waals surface area contributed by atoms with E-state index in [1.807, 2.05) is 6.08 Å². The Morgan fingerprint density at radius 2 is 1.63 bits per heavy atom. The van der Waals surface area contributed by atoms with Crippen LogP contribution in [0.3, 0.4) is 0 Å². The van der Waals surface area contributed by atoms with Crippen molar-refractivity contribution in [3.8, 4) is 12.3 Å². The van der Waals surface area contributed by atoms with Crippen molar-refractivity contribution >= 4 is 0 Å². The fourth-order valence-electron chi connectivity index (χ4n) is 4.08. The largest absolute Gasteiger partial charge is 0.328 e. The zero-order valence-electron chi connectivity index (χ0n) is 20.9. The number of unbranched alkanes of at least 4 members (excludes halogenated alkanes) is 1. The molecule has 0 aromatic rings. The van der Waals surface area contributed by atoms with Gasteiger partial charge in [-0.1, -0.05) is 76.8 Å². The number of terminal acetylenes is 1. The standard InChI is InChI=1S/C29H49N/c1-9-26(10-2)24(7)25(8)29(12-4)27(11-3)20-16-14-13-15-17-21-28(30)22-18-19-23(5)6/h3,12-13,15,23,26,28H,4,9-10,14,16-22,30H2,1-2,5-8H3/b15-13+,25-24+,29-27+. The van der Waals surface area contributed by atoms with Crippen molar-refractivity contribution in [2.24, 2.45) is 17.6 Å². The van der Waals surface area contributed by atoms with E-state index >= 15 is 0 Å². The van der Waals surface area contributed by atoms with Crippen molar-refractivity contribution < 1.29 is 0 Å². The van der Waals surface area contributed by atoms with Gasteiger partial charge in [0.1, 0.15) is 0 Å². The van der Waals surface area contributed by atoms with E-state index < -0.39 is 0 Å². The minimum Gasteiger partial charge on any atom is -0.328 e. The first kappa shape index (κ1) is 28.5. The van der Waals surface area contributed by atoms with Gasteiger partial charge >= 0.3 is 0 Å². The zero-order chi connectivity index (χ0) is 22.9. The van der Waals surface area contributed by atoms with Crippen LogP contribution in [0.15, 0.2) is 47.1 Å². The van der Waals surface area contributed by atoms with E-state index in [4.69, 9.17) is 12.2 Å². The monoisotopic (exact) mass is 411 g/mol. The minimum atomic E-state index is 0.340. The summed E-state index contributed by atoms with van der Waals surface area (Å²) in [6, 6.07) is 0.340. The van der Waals surface area contributed by atoms with Crippen LogP contribution >= 0.6 is 0 Å². The van der Waals surface area contributed by atoms with Crippen LogP contribution in [-0.2, 0) is 0 Å². The topological polar surface area (TPSA) is 26.0 Å². The molecule has 0 rings (SSSR count). The lowest BCUT2D eigenvalue weighted by molar-refractivity contribution is 0.484. The zero-order valence-corrected chi connectivity index (χ0v) is 20.9. The van der Waals surface area contributed by atoms with Gasteiger partial charge in [-0.05, 0) is 88.2 Å². The molecule has 2 N–H and O–H groups in total. The van der Waals surface area contributed by atoms with Crippen LogP contribution in [-0.4, -0.2) is 6.04 Å². The molecular weight excluding hydrogens is 362 g/mol. The molecule has 0 bridgehead atoms. The number of rotatable bonds is 16. The van der Waals surface area contributed by atoms with E-state index in [1.165, 1.54) is 42.4 Å². The predicted molar refractivity (Wildman–Crippen MR) is 137 cm³/mol. The van der Waals surface area contributed by atoms with Crippen molar-refractivity contribution in [2.45, 2.75) is 112 Å². The van der Waals surface area contributed by atoms with Crippen molar-refractivity contribution in [1.82, 2.24) is 0 Å². The number of hydrogen-bond donors (Lipinski definition) is 1. The Balaban J connectivity index is 4.60. The molecule has 0 radical (unpaired) electrons. The smallest absolute Gasteiger partial charge is 0.00925 e. The second kappa shape index (κ2) is 17.2. The van der Waals surface area contributed by atoms with E-state index in [2.05, 4.69) is 66.2 Å². The van der Waals surface area contributed by atoms with Gasteiger partial charge in [-0.3, -0.25) is 0 Å². The van der Waals surface area contributed by atoms with Crippen molar-refractivity contribution in [1.29, 1.82) is 0 Å². The first-order valence-electron chi connectivity index (χ1n) is 12.2. The Kier molecular flexibility index (Phi) is 16.3. The third kappa shape index (κ3) is 11.6. The van der Waals surface area contributed by atoms with Crippen LogP contribution in [0, 0.1) is 24.2 Å². The van der Waals surface area contributed by atoms with E-state index in [1.54, 1.807) is 0 Å². The molecule has 0 aromatic carbocycles. The molecule has 0 saturated carbocycles. The molecule has 0 aliphatic rings. The molecule has 0 saturated heterocycles. The SMILES string of the molecule is C#C/C(CCC/C=C/CCC(N)CCCC(C)C)=C(C=C)\C(C)=C(/C)C(CC)CC. The maximum absolute atomic E-state index is 6.23. The maximum Gasteiger partial charge on any atom is 0.00925 e. The second-order valence-corrected chi connectivity index (χ2v) is 9.09. The molecular formula is C29H49N. The lowest BCUT2D eigenvalue weighted by Crippen LogP contribution is -2.19. The molecule has 170 valence electrons. The third-order valence-corrected chi connectivity index (χ3v) is 6.32. The van der Waals surface area contributed by atoms with Crippen LogP contribution in [0.2, 0.25) is 0 Å². The van der Waals surface area contributed by atoms with E-state index in [9.17, 15) is 0 Å². The highest BCUT2D eigenvalue weighted by atomic mass is 14.6. The number of nitrogens with two attached hydrogens (primary N) is 1. The first-order valence-corrected chi connectivity index (χ1v) is 12.2. The van der Waals surface area contributed by atoms with Crippen LogP contribution in [0.5, 0.6) is 0 Å². The van der Waals surface area contributed by atoms with Gasteiger partial charge in [0.05, 0.1) is 0 Å². The molecule has 0 spiro atoms. The normalized spacial score (nSPS) is 14.7. The van der Waals surface area contributed by atoms with Crippen LogP contribution in [0.1, 0.15) is 106 Å². The summed E-state index contributed by atoms with van der Waals surface area (Å²) in [6.45, 7) is 17.6. The molecule has 0 aliphatic heterocycles. The van der Waals surface area contributed by atoms with Crippen LogP contribution in [0.25, 0.3) is 0 Å².